The molecule has 21 heteroatoms. The second-order valence-electron chi connectivity index (χ2n) is 18.5. The zero-order valence-corrected chi connectivity index (χ0v) is 38.7. The highest BCUT2D eigenvalue weighted by Gasteiger charge is 2.59. The number of fused-ring (bicyclic) bond motifs is 2. The molecule has 3 fully saturated rings. The number of nitrogens with zero attached hydrogens (tertiary/aromatic N) is 8. The predicted molar refractivity (Wildman–Crippen MR) is 221 cm³/mol. The van der Waals surface area contributed by atoms with E-state index in [0.717, 1.165) is 31.7 Å². The van der Waals surface area contributed by atoms with Gasteiger partial charge in [-0.2, -0.15) is 4.98 Å². The van der Waals surface area contributed by atoms with Gasteiger partial charge in [-0.05, 0) is 103 Å². The van der Waals surface area contributed by atoms with Gasteiger partial charge in [0.25, 0.3) is 0 Å². The number of amides is 1. The van der Waals surface area contributed by atoms with Crippen molar-refractivity contribution in [3.8, 4) is 0 Å². The molecule has 6 rings (SSSR count). The Morgan fingerprint density at radius 2 is 1.78 bits per heavy atom. The molecule has 18 nitrogen and oxygen atoms in total. The van der Waals surface area contributed by atoms with Crippen LogP contribution in [-0.4, -0.2) is 129 Å². The SMILES string of the molecule is CCOC(=O)[C@@](Cc1nnn(COCC[Si](C)(C)C)n1)(OC[C@H]1O[C@H](c2ccc3c(N(C(=O)OC(C)(C)C)C4CCCC4)nc(Cl)nn23)[C@@H]2OC(C)(C)O[C@@H]21)P(C)(C)=O. The van der Waals surface area contributed by atoms with Gasteiger partial charge in [0.1, 0.15) is 42.7 Å². The van der Waals surface area contributed by atoms with Crippen LogP contribution in [0.25, 0.3) is 5.52 Å². The molecule has 0 spiro atoms. The van der Waals surface area contributed by atoms with Crippen molar-refractivity contribution in [1.82, 2.24) is 34.8 Å². The molecule has 328 valence electrons. The fraction of sp³-hybridized carbons (Fsp3) is 0.763. The first kappa shape index (κ1) is 45.5. The molecule has 2 saturated heterocycles. The summed E-state index contributed by atoms with van der Waals surface area (Å²) in [5.74, 6) is -1.39. The van der Waals surface area contributed by atoms with Crippen LogP contribution in [0.4, 0.5) is 10.6 Å². The first-order valence-corrected chi connectivity index (χ1v) is 27.0. The van der Waals surface area contributed by atoms with Crippen molar-refractivity contribution >= 4 is 50.2 Å². The molecular formula is C38H60ClN8O10PSi. The van der Waals surface area contributed by atoms with Gasteiger partial charge in [0.05, 0.1) is 25.3 Å². The van der Waals surface area contributed by atoms with E-state index in [1.54, 1.807) is 30.2 Å². The number of tetrazole rings is 1. The van der Waals surface area contributed by atoms with E-state index in [2.05, 4.69) is 45.1 Å². The molecule has 5 heterocycles. The average Bonchev–Trinajstić information content (AvgIpc) is 3.94. The number of carbonyl (C=O) groups excluding carboxylic acids is 2. The van der Waals surface area contributed by atoms with E-state index in [0.29, 0.717) is 23.6 Å². The summed E-state index contributed by atoms with van der Waals surface area (Å²) in [6.07, 6.45) is -0.259. The van der Waals surface area contributed by atoms with Crippen molar-refractivity contribution in [2.75, 3.05) is 38.1 Å². The first-order chi connectivity index (χ1) is 27.5. The molecule has 1 amide bonds. The Morgan fingerprint density at radius 3 is 2.42 bits per heavy atom. The van der Waals surface area contributed by atoms with Crippen LogP contribution in [0.1, 0.15) is 84.8 Å². The second-order valence-corrected chi connectivity index (χ2v) is 27.9. The molecule has 0 bridgehead atoms. The predicted octanol–water partition coefficient (Wildman–Crippen LogP) is 6.47. The van der Waals surface area contributed by atoms with Gasteiger partial charge in [0.15, 0.2) is 24.2 Å². The molecule has 2 aliphatic heterocycles. The van der Waals surface area contributed by atoms with Gasteiger partial charge in [0, 0.05) is 20.7 Å². The minimum atomic E-state index is -3.50. The summed E-state index contributed by atoms with van der Waals surface area (Å²) in [4.78, 5) is 35.1. The van der Waals surface area contributed by atoms with Crippen LogP contribution in [0.2, 0.25) is 31.0 Å². The highest BCUT2D eigenvalue weighted by molar-refractivity contribution is 7.64. The van der Waals surface area contributed by atoms with E-state index in [9.17, 15) is 14.2 Å². The number of rotatable bonds is 16. The van der Waals surface area contributed by atoms with Gasteiger partial charge in [-0.3, -0.25) is 4.90 Å². The standard InChI is InChI=1S/C38H60ClN8O10PSi/c1-12-52-33(48)38(58(7,8)50,21-28-41-44-45(42-28)23-51-19-20-59(9,10)11)53-22-27-30-31(56-37(5,6)55-30)29(54-27)25-17-18-26-32(40-34(39)43-47(25)26)46(24-15-13-14-16-24)35(49)57-36(2,3)4/h17-18,24,27,29-31H,12-16,19-23H2,1-11H3/t27-,29-,30-,31+,38+/m1/s1. The van der Waals surface area contributed by atoms with E-state index in [-0.39, 0.29) is 43.5 Å². The normalized spacial score (nSPS) is 23.4. The number of hydrogen-bond donors (Lipinski definition) is 0. The fourth-order valence-electron chi connectivity index (χ4n) is 7.66. The quantitative estimate of drug-likeness (QED) is 0.0658. The van der Waals surface area contributed by atoms with Crippen LogP contribution >= 0.6 is 18.7 Å². The molecule has 1 aliphatic carbocycles. The van der Waals surface area contributed by atoms with E-state index in [1.165, 1.54) is 18.1 Å². The monoisotopic (exact) mass is 882 g/mol. The van der Waals surface area contributed by atoms with Crippen molar-refractivity contribution in [3.63, 3.8) is 0 Å². The lowest BCUT2D eigenvalue weighted by atomic mass is 10.1. The third-order valence-corrected chi connectivity index (χ3v) is 14.6. The minimum absolute atomic E-state index is 0.0205. The largest absolute Gasteiger partial charge is 0.463 e. The van der Waals surface area contributed by atoms with E-state index < -0.39 is 68.4 Å². The number of ether oxygens (including phenoxy) is 7. The van der Waals surface area contributed by atoms with Gasteiger partial charge in [-0.1, -0.05) is 32.5 Å². The van der Waals surface area contributed by atoms with E-state index in [1.807, 2.05) is 32.9 Å². The molecule has 59 heavy (non-hydrogen) atoms. The van der Waals surface area contributed by atoms with Crippen LogP contribution in [0.5, 0.6) is 0 Å². The lowest BCUT2D eigenvalue weighted by Crippen LogP contribution is -2.47. The molecule has 0 N–H and O–H groups in total. The van der Waals surface area contributed by atoms with Crippen molar-refractivity contribution in [2.45, 2.75) is 153 Å². The molecule has 5 atom stereocenters. The van der Waals surface area contributed by atoms with Gasteiger partial charge in [0.2, 0.25) is 10.6 Å². The Morgan fingerprint density at radius 1 is 1.08 bits per heavy atom. The number of carbonyl (C=O) groups is 2. The Kier molecular flexibility index (Phi) is 13.4. The van der Waals surface area contributed by atoms with Crippen LogP contribution < -0.4 is 4.90 Å². The number of aromatic nitrogens is 7. The number of hydrogen-bond acceptors (Lipinski definition) is 15. The second kappa shape index (κ2) is 17.4. The number of anilines is 1. The van der Waals surface area contributed by atoms with Crippen LogP contribution in [0.15, 0.2) is 12.1 Å². The summed E-state index contributed by atoms with van der Waals surface area (Å²) in [7, 11) is -4.80. The summed E-state index contributed by atoms with van der Waals surface area (Å²) in [6, 6.07) is 4.46. The smallest absolute Gasteiger partial charge is 0.416 e. The molecule has 3 aromatic heterocycles. The van der Waals surface area contributed by atoms with Gasteiger partial charge < -0.3 is 37.7 Å². The number of esters is 1. The lowest BCUT2D eigenvalue weighted by Gasteiger charge is -2.35. The highest BCUT2D eigenvalue weighted by atomic mass is 35.5. The Hall–Kier alpha value is -3.03. The zero-order valence-electron chi connectivity index (χ0n) is 36.1. The molecule has 1 saturated carbocycles. The molecule has 3 aromatic rings. The first-order valence-electron chi connectivity index (χ1n) is 20.3. The molecule has 0 radical (unpaired) electrons. The average molecular weight is 883 g/mol. The van der Waals surface area contributed by atoms with E-state index in [4.69, 9.17) is 44.8 Å². The van der Waals surface area contributed by atoms with Crippen LogP contribution in [0, 0.1) is 0 Å². The van der Waals surface area contributed by atoms with Gasteiger partial charge in [-0.15, -0.1) is 20.1 Å². The Balaban J connectivity index is 1.30. The maximum atomic E-state index is 14.2. The van der Waals surface area contributed by atoms with Crippen LogP contribution in [-0.2, 0) is 55.7 Å². The summed E-state index contributed by atoms with van der Waals surface area (Å²) in [6.45, 7) is 20.8. The van der Waals surface area contributed by atoms with Gasteiger partial charge in [-0.25, -0.2) is 14.1 Å². The molecule has 3 aliphatic rings. The van der Waals surface area contributed by atoms with Gasteiger partial charge >= 0.3 is 12.1 Å². The minimum Gasteiger partial charge on any atom is -0.463 e. The van der Waals surface area contributed by atoms with Crippen molar-refractivity contribution < 1.29 is 47.3 Å². The third-order valence-electron chi connectivity index (χ3n) is 10.5. The summed E-state index contributed by atoms with van der Waals surface area (Å²) < 4.78 is 59.1. The summed E-state index contributed by atoms with van der Waals surface area (Å²) in [5.41, 5.74) is 0.331. The molecular weight excluding hydrogens is 823 g/mol. The van der Waals surface area contributed by atoms with Crippen molar-refractivity contribution in [3.05, 3.63) is 28.9 Å². The maximum absolute atomic E-state index is 14.2. The number of halogens is 1. The Labute approximate surface area is 351 Å². The zero-order chi connectivity index (χ0) is 43.1. The highest BCUT2D eigenvalue weighted by Crippen LogP contribution is 2.55. The lowest BCUT2D eigenvalue weighted by molar-refractivity contribution is -0.199. The summed E-state index contributed by atoms with van der Waals surface area (Å²) >= 11 is 6.62. The van der Waals surface area contributed by atoms with E-state index >= 15 is 0 Å². The molecule has 0 aromatic carbocycles. The van der Waals surface area contributed by atoms with Crippen LogP contribution in [0.3, 0.4) is 0 Å². The third kappa shape index (κ3) is 10.4. The maximum Gasteiger partial charge on any atom is 0.416 e. The van der Waals surface area contributed by atoms with Crippen molar-refractivity contribution in [1.29, 1.82) is 0 Å². The van der Waals surface area contributed by atoms with Crippen molar-refractivity contribution in [2.24, 2.45) is 0 Å². The topological polar surface area (TPSA) is 193 Å². The molecule has 0 unspecified atom stereocenters. The Bertz CT molecular complexity index is 2030. The fourth-order valence-corrected chi connectivity index (χ4v) is 9.98. The summed E-state index contributed by atoms with van der Waals surface area (Å²) in [5, 5.41) is 15.2.